The van der Waals surface area contributed by atoms with E-state index >= 15 is 0 Å². The van der Waals surface area contributed by atoms with Crippen LogP contribution in [-0.2, 0) is 9.47 Å². The zero-order valence-corrected chi connectivity index (χ0v) is 15.2. The van der Waals surface area contributed by atoms with Gasteiger partial charge < -0.3 is 14.2 Å². The number of rotatable bonds is 6. The number of morpholine rings is 1. The summed E-state index contributed by atoms with van der Waals surface area (Å²) in [6.07, 6.45) is -0.0710. The van der Waals surface area contributed by atoms with Crippen LogP contribution in [0.25, 0.3) is 0 Å². The molecule has 1 aliphatic heterocycles. The molecular formula is C18H27N3O4. The molecule has 7 heteroatoms. The zero-order valence-electron chi connectivity index (χ0n) is 15.2. The van der Waals surface area contributed by atoms with Crippen LogP contribution in [0.2, 0.25) is 0 Å². The molecule has 0 unspecified atom stereocenters. The summed E-state index contributed by atoms with van der Waals surface area (Å²) < 4.78 is 16.1. The molecule has 1 fully saturated rings. The molecule has 7 nitrogen and oxygen atoms in total. The average molecular weight is 349 g/mol. The highest BCUT2D eigenvalue weighted by Crippen LogP contribution is 2.11. The molecule has 1 aromatic carbocycles. The third-order valence-electron chi connectivity index (χ3n) is 3.70. The van der Waals surface area contributed by atoms with E-state index < -0.39 is 0 Å². The predicted octanol–water partition coefficient (Wildman–Crippen LogP) is 1.54. The number of ether oxygens (including phenoxy) is 3. The molecule has 25 heavy (non-hydrogen) atoms. The number of carbonyl (C=O) groups excluding carboxylic acids is 1. The van der Waals surface area contributed by atoms with Crippen LogP contribution in [0.15, 0.2) is 29.3 Å². The quantitative estimate of drug-likeness (QED) is 0.623. The van der Waals surface area contributed by atoms with Crippen molar-refractivity contribution in [1.29, 1.82) is 0 Å². The molecule has 0 aromatic heterocycles. The summed E-state index contributed by atoms with van der Waals surface area (Å²) >= 11 is 0. The smallest absolute Gasteiger partial charge is 0.291 e. The molecule has 0 spiro atoms. The van der Waals surface area contributed by atoms with Crippen molar-refractivity contribution in [1.82, 2.24) is 10.2 Å². The number of amidine groups is 1. The van der Waals surface area contributed by atoms with Gasteiger partial charge in [0.05, 0.1) is 33.0 Å². The van der Waals surface area contributed by atoms with Crippen molar-refractivity contribution >= 4 is 11.9 Å². The predicted molar refractivity (Wildman–Crippen MR) is 96.2 cm³/mol. The lowest BCUT2D eigenvalue weighted by Crippen LogP contribution is -2.38. The minimum atomic E-state index is -0.256. The summed E-state index contributed by atoms with van der Waals surface area (Å²) in [5.41, 5.74) is 0.522. The third-order valence-corrected chi connectivity index (χ3v) is 3.70. The van der Waals surface area contributed by atoms with Crippen molar-refractivity contribution in [3.8, 4) is 5.75 Å². The number of hydrogen-bond acceptors (Lipinski definition) is 6. The van der Waals surface area contributed by atoms with Gasteiger partial charge in [-0.25, -0.2) is 4.99 Å². The molecule has 0 bridgehead atoms. The Kier molecular flexibility index (Phi) is 7.69. The Morgan fingerprint density at radius 2 is 1.96 bits per heavy atom. The van der Waals surface area contributed by atoms with E-state index in [1.165, 1.54) is 0 Å². The molecular weight excluding hydrogens is 322 g/mol. The minimum Gasteiger partial charge on any atom is -0.497 e. The molecule has 1 amide bonds. The van der Waals surface area contributed by atoms with Gasteiger partial charge >= 0.3 is 0 Å². The fourth-order valence-electron chi connectivity index (χ4n) is 2.36. The van der Waals surface area contributed by atoms with E-state index in [0.29, 0.717) is 17.9 Å². The Bertz CT molecular complexity index is 566. The molecule has 1 aliphatic rings. The van der Waals surface area contributed by atoms with Crippen LogP contribution < -0.4 is 10.1 Å². The minimum absolute atomic E-state index is 0.0710. The van der Waals surface area contributed by atoms with Crippen molar-refractivity contribution in [2.75, 3.05) is 46.5 Å². The van der Waals surface area contributed by atoms with Gasteiger partial charge in [-0.3, -0.25) is 15.0 Å². The van der Waals surface area contributed by atoms with Gasteiger partial charge in [-0.15, -0.1) is 0 Å². The summed E-state index contributed by atoms with van der Waals surface area (Å²) in [6, 6.07) is 7.15. The molecule has 2 rings (SSSR count). The maximum atomic E-state index is 12.4. The number of nitrogens with zero attached hydrogens (tertiary/aromatic N) is 2. The molecule has 138 valence electrons. The van der Waals surface area contributed by atoms with E-state index in [4.69, 9.17) is 14.2 Å². The van der Waals surface area contributed by atoms with Crippen LogP contribution in [0, 0.1) is 0 Å². The topological polar surface area (TPSA) is 72.4 Å². The summed E-state index contributed by atoms with van der Waals surface area (Å²) in [7, 11) is 1.59. The van der Waals surface area contributed by atoms with Gasteiger partial charge in [0, 0.05) is 25.2 Å². The lowest BCUT2D eigenvalue weighted by Gasteiger charge is -2.25. The first-order valence-electron chi connectivity index (χ1n) is 8.55. The van der Waals surface area contributed by atoms with Crippen LogP contribution in [0.3, 0.4) is 0 Å². The second-order valence-electron chi connectivity index (χ2n) is 5.99. The first-order valence-corrected chi connectivity index (χ1v) is 8.55. The van der Waals surface area contributed by atoms with Crippen LogP contribution in [0.1, 0.15) is 24.2 Å². The number of aliphatic imine (C=N–C) groups is 1. The average Bonchev–Trinajstić information content (AvgIpc) is 2.62. The second kappa shape index (κ2) is 10.0. The maximum Gasteiger partial charge on any atom is 0.291 e. The Labute approximate surface area is 149 Å². The largest absolute Gasteiger partial charge is 0.497 e. The number of methoxy groups -OCH3 is 1. The van der Waals surface area contributed by atoms with Gasteiger partial charge in [0.2, 0.25) is 0 Å². The Hall–Kier alpha value is -2.12. The molecule has 1 aromatic rings. The zero-order chi connectivity index (χ0) is 18.1. The number of carbonyl (C=O) groups is 1. The third kappa shape index (κ3) is 6.72. The van der Waals surface area contributed by atoms with Crippen LogP contribution in [0.5, 0.6) is 5.75 Å². The Morgan fingerprint density at radius 1 is 1.28 bits per heavy atom. The Balaban J connectivity index is 1.92. The maximum absolute atomic E-state index is 12.4. The monoisotopic (exact) mass is 349 g/mol. The molecule has 1 heterocycles. The number of nitrogens with one attached hydrogen (secondary N) is 1. The standard InChI is InChI=1S/C18H27N3O4/c1-14(2)25-18(19-8-9-21-10-12-24-13-11-21)20-17(22)15-4-6-16(23-3)7-5-15/h4-7,14H,8-13H2,1-3H3,(H,19,20,22). The molecule has 0 aliphatic carbocycles. The fraction of sp³-hybridized carbons (Fsp3) is 0.556. The van der Waals surface area contributed by atoms with Gasteiger partial charge in [-0.05, 0) is 38.1 Å². The number of benzene rings is 1. The molecule has 0 saturated carbocycles. The van der Waals surface area contributed by atoms with Crippen molar-refractivity contribution in [2.24, 2.45) is 4.99 Å². The molecule has 1 saturated heterocycles. The van der Waals surface area contributed by atoms with Gasteiger partial charge in [-0.2, -0.15) is 0 Å². The van der Waals surface area contributed by atoms with Gasteiger partial charge in [0.1, 0.15) is 5.75 Å². The van der Waals surface area contributed by atoms with E-state index in [9.17, 15) is 4.79 Å². The summed E-state index contributed by atoms with van der Waals surface area (Å²) in [6.45, 7) is 8.51. The normalized spacial score (nSPS) is 15.9. The van der Waals surface area contributed by atoms with Crippen LogP contribution in [-0.4, -0.2) is 69.4 Å². The summed E-state index contributed by atoms with van der Waals surface area (Å²) in [5.74, 6) is 0.447. The van der Waals surface area contributed by atoms with E-state index in [2.05, 4.69) is 15.2 Å². The first kappa shape index (κ1) is 19.2. The molecule has 1 N–H and O–H groups in total. The van der Waals surface area contributed by atoms with E-state index in [-0.39, 0.29) is 18.0 Å². The lowest BCUT2D eigenvalue weighted by molar-refractivity contribution is 0.0393. The van der Waals surface area contributed by atoms with Crippen molar-refractivity contribution < 1.29 is 19.0 Å². The number of hydrogen-bond donors (Lipinski definition) is 1. The summed E-state index contributed by atoms with van der Waals surface area (Å²) in [4.78, 5) is 19.1. The number of amides is 1. The first-order chi connectivity index (χ1) is 12.1. The van der Waals surface area contributed by atoms with E-state index in [0.717, 1.165) is 32.8 Å². The van der Waals surface area contributed by atoms with E-state index in [1.807, 2.05) is 13.8 Å². The highest BCUT2D eigenvalue weighted by atomic mass is 16.5. The van der Waals surface area contributed by atoms with Gasteiger partial charge in [0.15, 0.2) is 0 Å². The van der Waals surface area contributed by atoms with E-state index in [1.54, 1.807) is 31.4 Å². The second-order valence-corrected chi connectivity index (χ2v) is 5.99. The summed E-state index contributed by atoms with van der Waals surface area (Å²) in [5, 5.41) is 2.74. The Morgan fingerprint density at radius 3 is 2.56 bits per heavy atom. The molecule has 0 atom stereocenters. The van der Waals surface area contributed by atoms with Crippen LogP contribution in [0.4, 0.5) is 0 Å². The van der Waals surface area contributed by atoms with Crippen molar-refractivity contribution in [3.05, 3.63) is 29.8 Å². The SMILES string of the molecule is COc1ccc(C(=O)NC(=NCCN2CCOCC2)OC(C)C)cc1. The van der Waals surface area contributed by atoms with Crippen LogP contribution >= 0.6 is 0 Å². The van der Waals surface area contributed by atoms with Crippen molar-refractivity contribution in [2.45, 2.75) is 20.0 Å². The fourth-order valence-corrected chi connectivity index (χ4v) is 2.36. The highest BCUT2D eigenvalue weighted by molar-refractivity contribution is 6.04. The lowest BCUT2D eigenvalue weighted by atomic mass is 10.2. The molecule has 0 radical (unpaired) electrons. The highest BCUT2D eigenvalue weighted by Gasteiger charge is 2.13. The van der Waals surface area contributed by atoms with Gasteiger partial charge in [-0.1, -0.05) is 0 Å². The van der Waals surface area contributed by atoms with Crippen molar-refractivity contribution in [3.63, 3.8) is 0 Å². The van der Waals surface area contributed by atoms with Gasteiger partial charge in [0.25, 0.3) is 11.9 Å².